The van der Waals surface area contributed by atoms with E-state index in [4.69, 9.17) is 4.74 Å². The van der Waals surface area contributed by atoms with Gasteiger partial charge in [-0.25, -0.2) is 0 Å². The number of ether oxygens (including phenoxy) is 1. The maximum absolute atomic E-state index is 11.9. The third-order valence-electron chi connectivity index (χ3n) is 3.00. The first-order valence-corrected chi connectivity index (χ1v) is 8.53. The summed E-state index contributed by atoms with van der Waals surface area (Å²) in [5, 5.41) is 5.08. The Balaban J connectivity index is 2.48. The topological polar surface area (TPSA) is 84.5 Å². The molecule has 0 aliphatic carbocycles. The molecule has 0 bridgehead atoms. The molecular formula is C16H22N2O4S. The zero-order chi connectivity index (χ0) is 17.2. The van der Waals surface area contributed by atoms with Crippen molar-refractivity contribution in [1.82, 2.24) is 5.32 Å². The Bertz CT molecular complexity index is 531. The summed E-state index contributed by atoms with van der Waals surface area (Å²) in [7, 11) is 0. The molecule has 1 aromatic rings. The van der Waals surface area contributed by atoms with Crippen molar-refractivity contribution in [2.75, 3.05) is 11.6 Å². The second-order valence-electron chi connectivity index (χ2n) is 5.22. The van der Waals surface area contributed by atoms with Gasteiger partial charge in [0, 0.05) is 5.69 Å². The number of carbonyl (C=O) groups excluding carboxylic acids is 3. The lowest BCUT2D eigenvalue weighted by atomic mass is 10.2. The molecule has 126 valence electrons. The molecule has 6 nitrogen and oxygen atoms in total. The van der Waals surface area contributed by atoms with Crippen LogP contribution in [0.3, 0.4) is 0 Å². The zero-order valence-electron chi connectivity index (χ0n) is 13.5. The fourth-order valence-corrected chi connectivity index (χ4v) is 2.18. The quantitative estimate of drug-likeness (QED) is 0.409. The fourth-order valence-electron chi connectivity index (χ4n) is 1.67. The molecule has 0 saturated heterocycles. The molecule has 1 unspecified atom stereocenters. The molecule has 1 rings (SSSR count). The molecule has 1 aromatic carbocycles. The molecule has 2 N–H and O–H groups in total. The molecular weight excluding hydrogens is 316 g/mol. The Morgan fingerprint density at radius 1 is 1.26 bits per heavy atom. The molecule has 0 saturated carbocycles. The van der Waals surface area contributed by atoms with Crippen LogP contribution in [-0.4, -0.2) is 29.9 Å². The van der Waals surface area contributed by atoms with Gasteiger partial charge in [-0.05, 0) is 24.0 Å². The van der Waals surface area contributed by atoms with Crippen molar-refractivity contribution in [2.24, 2.45) is 5.92 Å². The van der Waals surface area contributed by atoms with Crippen LogP contribution in [-0.2, 0) is 25.7 Å². The van der Waals surface area contributed by atoms with Crippen LogP contribution >= 0.6 is 11.8 Å². The van der Waals surface area contributed by atoms with E-state index < -0.39 is 0 Å². The van der Waals surface area contributed by atoms with E-state index in [-0.39, 0.29) is 36.2 Å². The van der Waals surface area contributed by atoms with Gasteiger partial charge in [0.25, 0.3) is 0 Å². The molecule has 2 amide bonds. The van der Waals surface area contributed by atoms with E-state index in [0.717, 1.165) is 5.56 Å². The first-order valence-electron chi connectivity index (χ1n) is 7.24. The highest BCUT2D eigenvalue weighted by Crippen LogP contribution is 2.13. The van der Waals surface area contributed by atoms with Crippen molar-refractivity contribution in [3.63, 3.8) is 0 Å². The number of amides is 2. The average molecular weight is 338 g/mol. The Labute approximate surface area is 140 Å². The van der Waals surface area contributed by atoms with E-state index in [2.05, 4.69) is 10.6 Å². The van der Waals surface area contributed by atoms with Crippen LogP contribution in [0.5, 0.6) is 0 Å². The molecule has 1 atom stereocenters. The molecule has 0 spiro atoms. The van der Waals surface area contributed by atoms with Gasteiger partial charge >= 0.3 is 5.97 Å². The van der Waals surface area contributed by atoms with E-state index >= 15 is 0 Å². The third kappa shape index (κ3) is 7.19. The molecule has 0 aliphatic rings. The largest absolute Gasteiger partial charge is 0.461 e. The van der Waals surface area contributed by atoms with Crippen LogP contribution in [0.15, 0.2) is 24.3 Å². The summed E-state index contributed by atoms with van der Waals surface area (Å²) in [6.45, 7) is 3.77. The van der Waals surface area contributed by atoms with Gasteiger partial charge in [-0.2, -0.15) is 0 Å². The number of carbonyl (C=O) groups is 3. The van der Waals surface area contributed by atoms with Crippen molar-refractivity contribution in [3.8, 4) is 0 Å². The Morgan fingerprint density at radius 2 is 1.91 bits per heavy atom. The summed E-state index contributed by atoms with van der Waals surface area (Å²) in [6.07, 6.45) is 2.59. The van der Waals surface area contributed by atoms with Crippen molar-refractivity contribution >= 4 is 35.7 Å². The first-order chi connectivity index (χ1) is 11.0. The molecule has 7 heteroatoms. The van der Waals surface area contributed by atoms with Gasteiger partial charge in [-0.3, -0.25) is 14.4 Å². The van der Waals surface area contributed by atoms with Gasteiger partial charge in [0.15, 0.2) is 0 Å². The summed E-state index contributed by atoms with van der Waals surface area (Å²) in [4.78, 5) is 33.7. The first kappa shape index (κ1) is 19.0. The molecule has 0 aromatic heterocycles. The standard InChI is InChI=1S/C16H22N2O4S/c1-11(2)16(21)22-9-12-4-6-13(7-5-12)18-14(20)8-15(23-3)17-10-19/h4-7,10-11,15H,8-9H2,1-3H3,(H,17,19)(H,18,20). The van der Waals surface area contributed by atoms with Crippen LogP contribution in [0.1, 0.15) is 25.8 Å². The number of thioether (sulfide) groups is 1. The summed E-state index contributed by atoms with van der Waals surface area (Å²) in [5.41, 5.74) is 1.50. The lowest BCUT2D eigenvalue weighted by Crippen LogP contribution is -2.29. The Kier molecular flexibility index (Phi) is 8.18. The van der Waals surface area contributed by atoms with Crippen LogP contribution in [0.25, 0.3) is 0 Å². The molecule has 0 radical (unpaired) electrons. The number of esters is 1. The Morgan fingerprint density at radius 3 is 2.43 bits per heavy atom. The third-order valence-corrected chi connectivity index (χ3v) is 3.87. The van der Waals surface area contributed by atoms with Crippen LogP contribution in [0.2, 0.25) is 0 Å². The Hall–Kier alpha value is -2.02. The second kappa shape index (κ2) is 9.89. The lowest BCUT2D eigenvalue weighted by Gasteiger charge is -2.13. The second-order valence-corrected chi connectivity index (χ2v) is 6.26. The van der Waals surface area contributed by atoms with Crippen molar-refractivity contribution in [3.05, 3.63) is 29.8 Å². The minimum Gasteiger partial charge on any atom is -0.461 e. The number of anilines is 1. The van der Waals surface area contributed by atoms with Crippen LogP contribution in [0.4, 0.5) is 5.69 Å². The van der Waals surface area contributed by atoms with Crippen LogP contribution < -0.4 is 10.6 Å². The van der Waals surface area contributed by atoms with Crippen molar-refractivity contribution < 1.29 is 19.1 Å². The van der Waals surface area contributed by atoms with Crippen molar-refractivity contribution in [1.29, 1.82) is 0 Å². The number of rotatable bonds is 9. The van der Waals surface area contributed by atoms with Gasteiger partial charge in [0.1, 0.15) is 6.61 Å². The predicted molar refractivity (Wildman–Crippen MR) is 90.8 cm³/mol. The molecule has 0 fully saturated rings. The van der Waals surface area contributed by atoms with E-state index in [1.807, 2.05) is 6.26 Å². The minimum atomic E-state index is -0.248. The van der Waals surface area contributed by atoms with E-state index in [9.17, 15) is 14.4 Å². The average Bonchev–Trinajstić information content (AvgIpc) is 2.53. The summed E-state index contributed by atoms with van der Waals surface area (Å²) in [5.74, 6) is -0.580. The summed E-state index contributed by atoms with van der Waals surface area (Å²) in [6, 6.07) is 7.08. The zero-order valence-corrected chi connectivity index (χ0v) is 14.3. The summed E-state index contributed by atoms with van der Waals surface area (Å²) >= 11 is 1.40. The number of hydrogen-bond donors (Lipinski definition) is 2. The minimum absolute atomic E-state index is 0.155. The number of benzene rings is 1. The maximum atomic E-state index is 11.9. The van der Waals surface area contributed by atoms with Gasteiger partial charge in [-0.15, -0.1) is 11.8 Å². The molecule has 23 heavy (non-hydrogen) atoms. The van der Waals surface area contributed by atoms with Gasteiger partial charge < -0.3 is 15.4 Å². The fraction of sp³-hybridized carbons (Fsp3) is 0.438. The van der Waals surface area contributed by atoms with Gasteiger partial charge in [0.2, 0.25) is 12.3 Å². The van der Waals surface area contributed by atoms with Gasteiger partial charge in [-0.1, -0.05) is 26.0 Å². The van der Waals surface area contributed by atoms with E-state index in [0.29, 0.717) is 12.1 Å². The highest BCUT2D eigenvalue weighted by atomic mass is 32.2. The predicted octanol–water partition coefficient (Wildman–Crippen LogP) is 2.15. The molecule has 0 aliphatic heterocycles. The van der Waals surface area contributed by atoms with Gasteiger partial charge in [0.05, 0.1) is 17.7 Å². The van der Waals surface area contributed by atoms with Crippen LogP contribution in [0, 0.1) is 5.92 Å². The van der Waals surface area contributed by atoms with E-state index in [1.165, 1.54) is 11.8 Å². The van der Waals surface area contributed by atoms with E-state index in [1.54, 1.807) is 38.1 Å². The lowest BCUT2D eigenvalue weighted by molar-refractivity contribution is -0.148. The number of hydrogen-bond acceptors (Lipinski definition) is 5. The highest BCUT2D eigenvalue weighted by molar-refractivity contribution is 7.99. The molecule has 0 heterocycles. The highest BCUT2D eigenvalue weighted by Gasteiger charge is 2.12. The number of nitrogens with one attached hydrogen (secondary N) is 2. The maximum Gasteiger partial charge on any atom is 0.308 e. The SMILES string of the molecule is CSC(CC(=O)Nc1ccc(COC(=O)C(C)C)cc1)NC=O. The normalized spacial score (nSPS) is 11.7. The smallest absolute Gasteiger partial charge is 0.308 e. The monoisotopic (exact) mass is 338 g/mol. The summed E-state index contributed by atoms with van der Waals surface area (Å²) < 4.78 is 5.13. The van der Waals surface area contributed by atoms with Crippen molar-refractivity contribution in [2.45, 2.75) is 32.2 Å².